The second-order valence-corrected chi connectivity index (χ2v) is 9.04. The molecule has 0 heterocycles. The number of hydrogen-bond donors (Lipinski definition) is 8. The van der Waals surface area contributed by atoms with E-state index < -0.39 is 97.2 Å². The van der Waals surface area contributed by atoms with E-state index in [1.54, 1.807) is 0 Å². The van der Waals surface area contributed by atoms with Crippen molar-refractivity contribution in [1.82, 2.24) is 0 Å². The average Bonchev–Trinajstić information content (AvgIpc) is 2.62. The Morgan fingerprint density at radius 2 is 0.938 bits per heavy atom. The topological polar surface area (TPSA) is 279 Å². The van der Waals surface area contributed by atoms with Crippen molar-refractivity contribution in [3.8, 4) is 11.5 Å². The largest absolute Gasteiger partial charge is 0.595 e. The maximum absolute atomic E-state index is 13.0. The van der Waals surface area contributed by atoms with Crippen LogP contribution in [0, 0.1) is 10.4 Å². The maximum atomic E-state index is 13.0. The molecule has 0 aliphatic heterocycles. The van der Waals surface area contributed by atoms with Gasteiger partial charge in [-0.3, -0.25) is 18.7 Å². The van der Waals surface area contributed by atoms with E-state index >= 15 is 0 Å². The van der Waals surface area contributed by atoms with E-state index in [0.29, 0.717) is 0 Å². The van der Waals surface area contributed by atoms with Gasteiger partial charge in [0.25, 0.3) is 20.2 Å². The maximum Gasteiger partial charge on any atom is 0.298 e. The summed E-state index contributed by atoms with van der Waals surface area (Å²) in [5.74, 6) is -6.55. The predicted molar refractivity (Wildman–Crippen MR) is 94.3 cm³/mol. The predicted octanol–water partition coefficient (Wildman–Crippen LogP) is -2.83. The first-order chi connectivity index (χ1) is 14.5. The van der Waals surface area contributed by atoms with Crippen LogP contribution in [0.5, 0.6) is 11.5 Å². The van der Waals surface area contributed by atoms with E-state index in [4.69, 9.17) is 0 Å². The highest BCUT2D eigenvalue weighted by Crippen LogP contribution is 2.45. The molecule has 3 rings (SSSR count). The second kappa shape index (κ2) is 7.25. The van der Waals surface area contributed by atoms with Gasteiger partial charge in [-0.25, -0.2) is 10.4 Å². The number of aromatic hydroxyl groups is 2. The molecule has 0 spiro atoms. The van der Waals surface area contributed by atoms with Gasteiger partial charge in [-0.15, -0.1) is 0 Å². The second-order valence-electron chi connectivity index (χ2n) is 6.26. The molecule has 0 saturated heterocycles. The number of hydrogen-bond acceptors (Lipinski definition) is 12. The fraction of sp³-hybridized carbons (Fsp3) is 0. The molecule has 0 fully saturated rings. The third kappa shape index (κ3) is 3.41. The van der Waals surface area contributed by atoms with E-state index in [9.17, 15) is 66.6 Å². The zero-order valence-corrected chi connectivity index (χ0v) is 16.6. The summed E-state index contributed by atoms with van der Waals surface area (Å²) in [5.41, 5.74) is -7.61. The minimum Gasteiger partial charge on any atom is -0.595 e. The van der Waals surface area contributed by atoms with Crippen molar-refractivity contribution in [3.05, 3.63) is 44.8 Å². The molecule has 0 radical (unpaired) electrons. The van der Waals surface area contributed by atoms with Crippen LogP contribution in [0.1, 0.15) is 31.8 Å². The number of ketones is 2. The van der Waals surface area contributed by atoms with Crippen LogP contribution in [-0.4, -0.2) is 58.1 Å². The van der Waals surface area contributed by atoms with Crippen LogP contribution in [0.2, 0.25) is 0 Å². The lowest BCUT2D eigenvalue weighted by Gasteiger charge is -2.26. The number of rotatable bonds is 4. The molecule has 0 amide bonds. The summed E-state index contributed by atoms with van der Waals surface area (Å²) < 4.78 is 64.5. The van der Waals surface area contributed by atoms with Gasteiger partial charge in [-0.2, -0.15) is 27.3 Å². The summed E-state index contributed by atoms with van der Waals surface area (Å²) in [6.07, 6.45) is 0. The number of phenolic OH excluding ortho intramolecular Hbond substituents is 2. The quantitative estimate of drug-likeness (QED) is 0.103. The molecule has 0 aromatic heterocycles. The molecule has 0 saturated carbocycles. The molecule has 1 aliphatic rings. The van der Waals surface area contributed by atoms with Crippen LogP contribution >= 0.6 is 0 Å². The molecule has 18 heteroatoms. The molecule has 2 atom stereocenters. The van der Waals surface area contributed by atoms with E-state index in [0.717, 1.165) is 0 Å². The zero-order chi connectivity index (χ0) is 24.5. The minimum atomic E-state index is -5.36. The van der Waals surface area contributed by atoms with Gasteiger partial charge in [-0.1, -0.05) is 0 Å². The van der Waals surface area contributed by atoms with Crippen molar-refractivity contribution in [3.63, 3.8) is 0 Å². The molecule has 2 aromatic carbocycles. The van der Waals surface area contributed by atoms with Crippen molar-refractivity contribution in [2.24, 2.45) is 0 Å². The molecule has 2 unspecified atom stereocenters. The Morgan fingerprint density at radius 1 is 0.656 bits per heavy atom. The molecule has 0 bridgehead atoms. The normalized spacial score (nSPS) is 15.8. The van der Waals surface area contributed by atoms with Gasteiger partial charge >= 0.3 is 0 Å². The highest BCUT2D eigenvalue weighted by molar-refractivity contribution is 7.86. The van der Waals surface area contributed by atoms with Crippen LogP contribution in [0.3, 0.4) is 0 Å². The van der Waals surface area contributed by atoms with Crippen molar-refractivity contribution in [2.75, 3.05) is 0 Å². The number of quaternary nitrogens is 2. The summed E-state index contributed by atoms with van der Waals surface area (Å²) in [5, 5.41) is 58.3. The van der Waals surface area contributed by atoms with Crippen molar-refractivity contribution in [2.45, 2.75) is 9.79 Å². The lowest BCUT2D eigenvalue weighted by atomic mass is 9.81. The van der Waals surface area contributed by atoms with E-state index in [1.165, 1.54) is 0 Å². The third-order valence-corrected chi connectivity index (χ3v) is 6.19. The smallest absolute Gasteiger partial charge is 0.298 e. The number of carbonyl (C=O) groups is 2. The van der Waals surface area contributed by atoms with Crippen molar-refractivity contribution in [1.29, 1.82) is 0 Å². The van der Waals surface area contributed by atoms with E-state index in [1.807, 2.05) is 0 Å². The molecule has 172 valence electrons. The van der Waals surface area contributed by atoms with Gasteiger partial charge in [0.2, 0.25) is 11.6 Å². The summed E-state index contributed by atoms with van der Waals surface area (Å²) in [4.78, 5) is 23.0. The number of benzene rings is 2. The van der Waals surface area contributed by atoms with E-state index in [-0.39, 0.29) is 12.1 Å². The fourth-order valence-electron chi connectivity index (χ4n) is 3.19. The first-order valence-electron chi connectivity index (χ1n) is 7.81. The lowest BCUT2D eigenvalue weighted by molar-refractivity contribution is -0.991. The van der Waals surface area contributed by atoms with Gasteiger partial charge in [-0.05, 0) is 0 Å². The molecule has 1 aliphatic carbocycles. The highest BCUT2D eigenvalue weighted by atomic mass is 32.2. The number of fused-ring (bicyclic) bond motifs is 2. The summed E-state index contributed by atoms with van der Waals surface area (Å²) in [6, 6.07) is 0.258. The Bertz CT molecular complexity index is 1320. The SMILES string of the molecule is O=C1c2c([NH+]([O-])O)cc(S(=O)(=O)O)c(O)c2C(=O)c2c([NH+]([O-])O)cc(S(=O)(=O)O)c(O)c21. The standard InChI is InChI=1S/C14H10N2O14S2/c17-11-5(31(25,26)27)1-3(15(21)22)7-9(11)14(20)8-4(16(23)24)2-6(32(28,29)30)12(18)10(8)13(7)19/h1-2,15-18,21,23H,(H,25,26,27)(H,28,29,30). The van der Waals surface area contributed by atoms with Crippen LogP contribution in [-0.2, 0) is 20.2 Å². The van der Waals surface area contributed by atoms with Gasteiger partial charge < -0.3 is 20.6 Å². The molecule has 16 nitrogen and oxygen atoms in total. The lowest BCUT2D eigenvalue weighted by Crippen LogP contribution is -2.99. The third-order valence-electron chi connectivity index (χ3n) is 4.45. The molecule has 2 aromatic rings. The monoisotopic (exact) mass is 494 g/mol. The number of nitrogens with one attached hydrogen (secondary N) is 2. The molecule has 8 N–H and O–H groups in total. The first kappa shape index (κ1) is 23.6. The summed E-state index contributed by atoms with van der Waals surface area (Å²) in [6.45, 7) is 0. The number of phenols is 2. The average molecular weight is 494 g/mol. The summed E-state index contributed by atoms with van der Waals surface area (Å²) >= 11 is 0. The van der Waals surface area contributed by atoms with Crippen LogP contribution in [0.25, 0.3) is 0 Å². The summed E-state index contributed by atoms with van der Waals surface area (Å²) in [7, 11) is -10.7. The van der Waals surface area contributed by atoms with Gasteiger partial charge in [0.05, 0.1) is 11.1 Å². The van der Waals surface area contributed by atoms with Crippen LogP contribution in [0.4, 0.5) is 11.4 Å². The van der Waals surface area contributed by atoms with Crippen LogP contribution < -0.4 is 10.5 Å². The Balaban J connectivity index is 2.59. The molecular weight excluding hydrogens is 484 g/mol. The Morgan fingerprint density at radius 3 is 1.16 bits per heavy atom. The first-order valence-corrected chi connectivity index (χ1v) is 10.7. The fourth-order valence-corrected chi connectivity index (χ4v) is 4.42. The molecule has 32 heavy (non-hydrogen) atoms. The van der Waals surface area contributed by atoms with E-state index in [2.05, 4.69) is 0 Å². The number of carbonyl (C=O) groups excluding carboxylic acids is 2. The minimum absolute atomic E-state index is 0.129. The zero-order valence-electron chi connectivity index (χ0n) is 14.9. The molecular formula is C14H10N2O14S2. The Labute approximate surface area is 176 Å². The van der Waals surface area contributed by atoms with Crippen molar-refractivity contribution >= 4 is 43.2 Å². The Hall–Kier alpha value is -3.04. The highest BCUT2D eigenvalue weighted by Gasteiger charge is 2.45. The van der Waals surface area contributed by atoms with Gasteiger partial charge in [0.15, 0.2) is 11.4 Å². The van der Waals surface area contributed by atoms with Crippen LogP contribution in [0.15, 0.2) is 21.9 Å². The van der Waals surface area contributed by atoms with Gasteiger partial charge in [0.1, 0.15) is 32.4 Å². The van der Waals surface area contributed by atoms with Crippen molar-refractivity contribution < 1.29 is 66.6 Å². The van der Waals surface area contributed by atoms with Gasteiger partial charge in [0, 0.05) is 12.1 Å². The Kier molecular flexibility index (Phi) is 5.35.